The van der Waals surface area contributed by atoms with Crippen LogP contribution in [-0.4, -0.2) is 22.4 Å². The van der Waals surface area contributed by atoms with Gasteiger partial charge in [0.05, 0.1) is 6.54 Å². The Hall–Kier alpha value is -1.55. The molecule has 0 fully saturated rings. The zero-order valence-corrected chi connectivity index (χ0v) is 12.0. The highest BCUT2D eigenvalue weighted by atomic mass is 79.9. The number of halogens is 1. The molecule has 4 heteroatoms. The van der Waals surface area contributed by atoms with Crippen molar-refractivity contribution in [2.75, 3.05) is 7.05 Å². The van der Waals surface area contributed by atoms with E-state index in [9.17, 15) is 4.79 Å². The number of hydrogen-bond acceptors (Lipinski definition) is 1. The van der Waals surface area contributed by atoms with E-state index in [1.807, 2.05) is 61.3 Å². The van der Waals surface area contributed by atoms with E-state index in [0.29, 0.717) is 12.1 Å². The predicted octanol–water partition coefficient (Wildman–Crippen LogP) is 3.06. The SMILES string of the molecule is CN(Cc1cccn1C)C(=O)c1ccc(Br)cc1. The highest BCUT2D eigenvalue weighted by molar-refractivity contribution is 9.10. The molecule has 18 heavy (non-hydrogen) atoms. The van der Waals surface area contributed by atoms with Crippen LogP contribution in [0, 0.1) is 0 Å². The summed E-state index contributed by atoms with van der Waals surface area (Å²) in [5.41, 5.74) is 1.82. The predicted molar refractivity (Wildman–Crippen MR) is 75.4 cm³/mol. The summed E-state index contributed by atoms with van der Waals surface area (Å²) in [6.07, 6.45) is 1.98. The third-order valence-electron chi connectivity index (χ3n) is 2.89. The molecule has 94 valence electrons. The van der Waals surface area contributed by atoms with Crippen LogP contribution in [0.2, 0.25) is 0 Å². The van der Waals surface area contributed by atoms with Crippen LogP contribution in [0.3, 0.4) is 0 Å². The van der Waals surface area contributed by atoms with Gasteiger partial charge in [-0.3, -0.25) is 4.79 Å². The normalized spacial score (nSPS) is 10.4. The maximum Gasteiger partial charge on any atom is 0.253 e. The van der Waals surface area contributed by atoms with Gasteiger partial charge in [0.2, 0.25) is 0 Å². The maximum absolute atomic E-state index is 12.2. The van der Waals surface area contributed by atoms with Crippen molar-refractivity contribution in [1.29, 1.82) is 0 Å². The van der Waals surface area contributed by atoms with E-state index < -0.39 is 0 Å². The molecule has 0 unspecified atom stereocenters. The van der Waals surface area contributed by atoms with Crippen LogP contribution in [0.15, 0.2) is 47.1 Å². The highest BCUT2D eigenvalue weighted by Crippen LogP contribution is 2.13. The van der Waals surface area contributed by atoms with Crippen molar-refractivity contribution in [2.45, 2.75) is 6.54 Å². The van der Waals surface area contributed by atoms with Gasteiger partial charge in [-0.25, -0.2) is 0 Å². The molecule has 0 aliphatic heterocycles. The number of hydrogen-bond donors (Lipinski definition) is 0. The van der Waals surface area contributed by atoms with E-state index in [0.717, 1.165) is 10.2 Å². The van der Waals surface area contributed by atoms with Gasteiger partial charge in [0.25, 0.3) is 5.91 Å². The molecule has 0 aliphatic carbocycles. The van der Waals surface area contributed by atoms with Crippen molar-refractivity contribution < 1.29 is 4.79 Å². The number of aryl methyl sites for hydroxylation is 1. The molecule has 0 aliphatic rings. The molecular weight excluding hydrogens is 292 g/mol. The van der Waals surface area contributed by atoms with Crippen LogP contribution >= 0.6 is 15.9 Å². The minimum Gasteiger partial charge on any atom is -0.353 e. The molecule has 0 bridgehead atoms. The van der Waals surface area contributed by atoms with Crippen LogP contribution in [-0.2, 0) is 13.6 Å². The van der Waals surface area contributed by atoms with Gasteiger partial charge in [-0.2, -0.15) is 0 Å². The first kappa shape index (κ1) is 12.9. The highest BCUT2D eigenvalue weighted by Gasteiger charge is 2.12. The zero-order chi connectivity index (χ0) is 13.1. The summed E-state index contributed by atoms with van der Waals surface area (Å²) in [7, 11) is 3.80. The molecule has 0 atom stereocenters. The number of carbonyl (C=O) groups excluding carboxylic acids is 1. The second-order valence-electron chi connectivity index (χ2n) is 4.28. The summed E-state index contributed by atoms with van der Waals surface area (Å²) in [4.78, 5) is 13.9. The zero-order valence-electron chi connectivity index (χ0n) is 10.4. The summed E-state index contributed by atoms with van der Waals surface area (Å²) in [6.45, 7) is 0.610. The molecule has 2 rings (SSSR count). The molecule has 1 aromatic carbocycles. The largest absolute Gasteiger partial charge is 0.353 e. The van der Waals surface area contributed by atoms with Crippen molar-refractivity contribution in [1.82, 2.24) is 9.47 Å². The first-order chi connectivity index (χ1) is 8.58. The van der Waals surface area contributed by atoms with E-state index in [2.05, 4.69) is 15.9 Å². The van der Waals surface area contributed by atoms with Crippen molar-refractivity contribution >= 4 is 21.8 Å². The minimum atomic E-state index is 0.0312. The topological polar surface area (TPSA) is 25.2 Å². The minimum absolute atomic E-state index is 0.0312. The van der Waals surface area contributed by atoms with Gasteiger partial charge in [0, 0.05) is 36.0 Å². The third kappa shape index (κ3) is 2.82. The van der Waals surface area contributed by atoms with Crippen LogP contribution in [0.4, 0.5) is 0 Å². The fourth-order valence-electron chi connectivity index (χ4n) is 1.79. The fourth-order valence-corrected chi connectivity index (χ4v) is 2.05. The quantitative estimate of drug-likeness (QED) is 0.855. The maximum atomic E-state index is 12.2. The lowest BCUT2D eigenvalue weighted by Crippen LogP contribution is -2.27. The molecule has 0 radical (unpaired) electrons. The van der Waals surface area contributed by atoms with Crippen LogP contribution in [0.25, 0.3) is 0 Å². The average molecular weight is 307 g/mol. The number of rotatable bonds is 3. The van der Waals surface area contributed by atoms with E-state index in [-0.39, 0.29) is 5.91 Å². The summed E-state index contributed by atoms with van der Waals surface area (Å²) >= 11 is 3.36. The number of aromatic nitrogens is 1. The number of benzene rings is 1. The Labute approximate surface area is 115 Å². The van der Waals surface area contributed by atoms with Gasteiger partial charge in [0.1, 0.15) is 0 Å². The summed E-state index contributed by atoms with van der Waals surface area (Å²) < 4.78 is 3.00. The Kier molecular flexibility index (Phi) is 3.87. The molecule has 0 spiro atoms. The van der Waals surface area contributed by atoms with E-state index in [4.69, 9.17) is 0 Å². The van der Waals surface area contributed by atoms with Crippen molar-refractivity contribution in [3.8, 4) is 0 Å². The van der Waals surface area contributed by atoms with Gasteiger partial charge in [-0.05, 0) is 36.4 Å². The number of carbonyl (C=O) groups is 1. The van der Waals surface area contributed by atoms with Crippen LogP contribution < -0.4 is 0 Å². The van der Waals surface area contributed by atoms with Crippen LogP contribution in [0.1, 0.15) is 16.1 Å². The first-order valence-corrected chi connectivity index (χ1v) is 6.48. The van der Waals surface area contributed by atoms with Gasteiger partial charge < -0.3 is 9.47 Å². The van der Waals surface area contributed by atoms with Crippen molar-refractivity contribution in [3.05, 3.63) is 58.3 Å². The second kappa shape index (κ2) is 5.40. The van der Waals surface area contributed by atoms with Gasteiger partial charge >= 0.3 is 0 Å². The van der Waals surface area contributed by atoms with Gasteiger partial charge in [-0.15, -0.1) is 0 Å². The van der Waals surface area contributed by atoms with E-state index in [1.54, 1.807) is 4.90 Å². The standard InChI is InChI=1S/C14H15BrN2O/c1-16-9-3-4-13(16)10-17(2)14(18)11-5-7-12(15)8-6-11/h3-9H,10H2,1-2H3. The Balaban J connectivity index is 2.09. The Morgan fingerprint density at radius 3 is 2.50 bits per heavy atom. The summed E-state index contributed by atoms with van der Waals surface area (Å²) in [6, 6.07) is 11.4. The number of amides is 1. The lowest BCUT2D eigenvalue weighted by molar-refractivity contribution is 0.0782. The Bertz CT molecular complexity index is 545. The lowest BCUT2D eigenvalue weighted by atomic mass is 10.2. The monoisotopic (exact) mass is 306 g/mol. The summed E-state index contributed by atoms with van der Waals surface area (Å²) in [5.74, 6) is 0.0312. The molecule has 2 aromatic rings. The van der Waals surface area contributed by atoms with Crippen molar-refractivity contribution in [3.63, 3.8) is 0 Å². The van der Waals surface area contributed by atoms with Crippen LogP contribution in [0.5, 0.6) is 0 Å². The molecule has 0 N–H and O–H groups in total. The molecule has 1 amide bonds. The van der Waals surface area contributed by atoms with Gasteiger partial charge in [-0.1, -0.05) is 15.9 Å². The van der Waals surface area contributed by atoms with Crippen molar-refractivity contribution in [2.24, 2.45) is 7.05 Å². The van der Waals surface area contributed by atoms with E-state index >= 15 is 0 Å². The summed E-state index contributed by atoms with van der Waals surface area (Å²) in [5, 5.41) is 0. The Morgan fingerprint density at radius 1 is 1.28 bits per heavy atom. The number of nitrogens with zero attached hydrogens (tertiary/aromatic N) is 2. The molecular formula is C14H15BrN2O. The lowest BCUT2D eigenvalue weighted by Gasteiger charge is -2.17. The van der Waals surface area contributed by atoms with E-state index in [1.165, 1.54) is 0 Å². The average Bonchev–Trinajstić information content (AvgIpc) is 2.75. The molecule has 1 aromatic heterocycles. The molecule has 1 heterocycles. The third-order valence-corrected chi connectivity index (χ3v) is 3.42. The fraction of sp³-hybridized carbons (Fsp3) is 0.214. The second-order valence-corrected chi connectivity index (χ2v) is 5.19. The molecule has 3 nitrogen and oxygen atoms in total. The Morgan fingerprint density at radius 2 is 1.94 bits per heavy atom. The first-order valence-electron chi connectivity index (χ1n) is 5.69. The smallest absolute Gasteiger partial charge is 0.253 e. The molecule has 0 saturated heterocycles. The van der Waals surface area contributed by atoms with Gasteiger partial charge in [0.15, 0.2) is 0 Å². The molecule has 0 saturated carbocycles.